The zero-order valence-corrected chi connectivity index (χ0v) is 13.0. The van der Waals surface area contributed by atoms with Gasteiger partial charge in [0.2, 0.25) is 0 Å². The summed E-state index contributed by atoms with van der Waals surface area (Å²) < 4.78 is 28.6. The van der Waals surface area contributed by atoms with Crippen molar-refractivity contribution in [3.63, 3.8) is 0 Å². The Morgan fingerprint density at radius 1 is 1.32 bits per heavy atom. The Balaban J connectivity index is 2.65. The van der Waals surface area contributed by atoms with Gasteiger partial charge in [-0.25, -0.2) is 8.42 Å². The molecule has 1 atom stereocenters. The molecule has 2 N–H and O–H groups in total. The molecule has 1 aromatic carbocycles. The van der Waals surface area contributed by atoms with Gasteiger partial charge in [-0.1, -0.05) is 17.7 Å². The predicted octanol–water partition coefficient (Wildman–Crippen LogP) is 2.56. The Morgan fingerprint density at radius 2 is 1.95 bits per heavy atom. The van der Waals surface area contributed by atoms with Gasteiger partial charge < -0.3 is 10.5 Å². The maximum atomic E-state index is 11.6. The number of sulfone groups is 1. The van der Waals surface area contributed by atoms with Crippen molar-refractivity contribution in [3.05, 3.63) is 28.8 Å². The molecule has 0 fully saturated rings. The van der Waals surface area contributed by atoms with Crippen LogP contribution in [0.2, 0.25) is 5.02 Å². The first-order valence-corrected chi connectivity index (χ1v) is 8.22. The molecule has 1 aromatic rings. The third kappa shape index (κ3) is 4.67. The van der Waals surface area contributed by atoms with E-state index in [-0.39, 0.29) is 18.4 Å². The number of benzene rings is 1. The molecule has 0 spiro atoms. The molecule has 0 unspecified atom stereocenters. The normalized spacial score (nSPS) is 13.6. The van der Waals surface area contributed by atoms with Crippen molar-refractivity contribution in [2.45, 2.75) is 32.1 Å². The molecule has 1 rings (SSSR count). The molecule has 0 aromatic heterocycles. The molecule has 0 bridgehead atoms. The van der Waals surface area contributed by atoms with Crippen molar-refractivity contribution >= 4 is 21.4 Å². The van der Waals surface area contributed by atoms with E-state index in [0.29, 0.717) is 10.8 Å². The standard InChI is InChI=1S/C13H20ClNO3S/c1-9(2)19(16,17)7-6-18-13-5-4-11(10(3)15)8-12(13)14/h4-5,8-10H,6-7,15H2,1-3H3/t10-/m0/s1. The molecule has 6 heteroatoms. The molecule has 0 aliphatic heterocycles. The van der Waals surface area contributed by atoms with Crippen LogP contribution in [0, 0.1) is 0 Å². The number of hydrogen-bond donors (Lipinski definition) is 1. The van der Waals surface area contributed by atoms with Crippen LogP contribution in [0.25, 0.3) is 0 Å². The highest BCUT2D eigenvalue weighted by Gasteiger charge is 2.16. The average Bonchev–Trinajstić information content (AvgIpc) is 2.30. The maximum Gasteiger partial charge on any atom is 0.155 e. The van der Waals surface area contributed by atoms with Crippen molar-refractivity contribution in [1.82, 2.24) is 0 Å². The third-order valence-corrected chi connectivity index (χ3v) is 5.29. The zero-order chi connectivity index (χ0) is 14.6. The summed E-state index contributed by atoms with van der Waals surface area (Å²) in [6, 6.07) is 5.16. The lowest BCUT2D eigenvalue weighted by molar-refractivity contribution is 0.340. The Morgan fingerprint density at radius 3 is 2.42 bits per heavy atom. The topological polar surface area (TPSA) is 69.4 Å². The van der Waals surface area contributed by atoms with Gasteiger partial charge in [-0.05, 0) is 38.5 Å². The molecule has 0 saturated carbocycles. The minimum atomic E-state index is -3.09. The zero-order valence-electron chi connectivity index (χ0n) is 11.4. The summed E-state index contributed by atoms with van der Waals surface area (Å²) in [5.41, 5.74) is 6.65. The first-order valence-electron chi connectivity index (χ1n) is 6.13. The van der Waals surface area contributed by atoms with Crippen molar-refractivity contribution in [2.24, 2.45) is 5.73 Å². The SMILES string of the molecule is CC(C)S(=O)(=O)CCOc1ccc([C@H](C)N)cc1Cl. The fraction of sp³-hybridized carbons (Fsp3) is 0.538. The molecule has 0 saturated heterocycles. The highest BCUT2D eigenvalue weighted by molar-refractivity contribution is 7.91. The van der Waals surface area contributed by atoms with Gasteiger partial charge in [0.25, 0.3) is 0 Å². The van der Waals surface area contributed by atoms with Crippen LogP contribution in [-0.2, 0) is 9.84 Å². The summed E-state index contributed by atoms with van der Waals surface area (Å²) in [6.07, 6.45) is 0. The van der Waals surface area contributed by atoms with E-state index in [9.17, 15) is 8.42 Å². The van der Waals surface area contributed by atoms with E-state index in [1.807, 2.05) is 13.0 Å². The van der Waals surface area contributed by atoms with Gasteiger partial charge in [0.15, 0.2) is 9.84 Å². The van der Waals surface area contributed by atoms with Crippen molar-refractivity contribution < 1.29 is 13.2 Å². The first-order chi connectivity index (χ1) is 8.74. The van der Waals surface area contributed by atoms with Crippen LogP contribution >= 0.6 is 11.6 Å². The lowest BCUT2D eigenvalue weighted by Crippen LogP contribution is -2.22. The Hall–Kier alpha value is -0.780. The van der Waals surface area contributed by atoms with Gasteiger partial charge in [0.1, 0.15) is 12.4 Å². The van der Waals surface area contributed by atoms with Crippen molar-refractivity contribution in [2.75, 3.05) is 12.4 Å². The van der Waals surface area contributed by atoms with Gasteiger partial charge in [0.05, 0.1) is 16.0 Å². The molecule has 4 nitrogen and oxygen atoms in total. The summed E-state index contributed by atoms with van der Waals surface area (Å²) in [5, 5.41) is 0.0452. The van der Waals surface area contributed by atoms with Gasteiger partial charge >= 0.3 is 0 Å². The van der Waals surface area contributed by atoms with E-state index < -0.39 is 15.1 Å². The number of halogens is 1. The predicted molar refractivity (Wildman–Crippen MR) is 78.5 cm³/mol. The van der Waals surface area contributed by atoms with Gasteiger partial charge in [-0.2, -0.15) is 0 Å². The number of rotatable bonds is 6. The summed E-state index contributed by atoms with van der Waals surface area (Å²) >= 11 is 6.06. The second-order valence-electron chi connectivity index (χ2n) is 4.74. The van der Waals surface area contributed by atoms with Gasteiger partial charge in [0, 0.05) is 6.04 Å². The molecule has 0 aliphatic carbocycles. The Bertz CT molecular complexity index is 527. The van der Waals surface area contributed by atoms with Crippen molar-refractivity contribution in [1.29, 1.82) is 0 Å². The molecular weight excluding hydrogens is 286 g/mol. The molecule has 0 radical (unpaired) electrons. The molecule has 19 heavy (non-hydrogen) atoms. The fourth-order valence-corrected chi connectivity index (χ4v) is 2.45. The van der Waals surface area contributed by atoms with Crippen LogP contribution in [0.3, 0.4) is 0 Å². The minimum absolute atomic E-state index is 0.0178. The number of ether oxygens (including phenoxy) is 1. The minimum Gasteiger partial charge on any atom is -0.491 e. The number of hydrogen-bond acceptors (Lipinski definition) is 4. The van der Waals surface area contributed by atoms with E-state index in [1.54, 1.807) is 26.0 Å². The summed E-state index contributed by atoms with van der Waals surface area (Å²) in [4.78, 5) is 0. The van der Waals surface area contributed by atoms with Crippen LogP contribution in [0.5, 0.6) is 5.75 Å². The molecular formula is C13H20ClNO3S. The summed E-state index contributed by atoms with van der Waals surface area (Å²) in [7, 11) is -3.09. The quantitative estimate of drug-likeness (QED) is 0.877. The molecule has 108 valence electrons. The van der Waals surface area contributed by atoms with E-state index in [0.717, 1.165) is 5.56 Å². The second-order valence-corrected chi connectivity index (χ2v) is 7.83. The number of nitrogens with two attached hydrogens (primary N) is 1. The third-order valence-electron chi connectivity index (χ3n) is 2.83. The summed E-state index contributed by atoms with van der Waals surface area (Å²) in [5.74, 6) is 0.459. The van der Waals surface area contributed by atoms with Crippen LogP contribution in [0.1, 0.15) is 32.4 Å². The Labute approximate surface area is 119 Å². The van der Waals surface area contributed by atoms with Crippen LogP contribution in [0.4, 0.5) is 0 Å². The van der Waals surface area contributed by atoms with Gasteiger partial charge in [-0.3, -0.25) is 0 Å². The van der Waals surface area contributed by atoms with E-state index in [1.165, 1.54) is 0 Å². The smallest absolute Gasteiger partial charge is 0.155 e. The average molecular weight is 306 g/mol. The lowest BCUT2D eigenvalue weighted by Gasteiger charge is -2.12. The van der Waals surface area contributed by atoms with Crippen molar-refractivity contribution in [3.8, 4) is 5.75 Å². The van der Waals surface area contributed by atoms with Crippen LogP contribution < -0.4 is 10.5 Å². The second kappa shape index (κ2) is 6.59. The van der Waals surface area contributed by atoms with Crippen LogP contribution in [0.15, 0.2) is 18.2 Å². The summed E-state index contributed by atoms with van der Waals surface area (Å²) in [6.45, 7) is 5.26. The maximum absolute atomic E-state index is 11.6. The van der Waals surface area contributed by atoms with E-state index >= 15 is 0 Å². The monoisotopic (exact) mass is 305 g/mol. The highest BCUT2D eigenvalue weighted by atomic mass is 35.5. The lowest BCUT2D eigenvalue weighted by atomic mass is 10.1. The molecule has 0 heterocycles. The van der Waals surface area contributed by atoms with Crippen LogP contribution in [-0.4, -0.2) is 26.0 Å². The van der Waals surface area contributed by atoms with Gasteiger partial charge in [-0.15, -0.1) is 0 Å². The molecule has 0 aliphatic rings. The molecule has 0 amide bonds. The Kier molecular flexibility index (Phi) is 5.64. The largest absolute Gasteiger partial charge is 0.491 e. The highest BCUT2D eigenvalue weighted by Crippen LogP contribution is 2.27. The first kappa shape index (κ1) is 16.3. The van der Waals surface area contributed by atoms with E-state index in [2.05, 4.69) is 0 Å². The fourth-order valence-electron chi connectivity index (χ4n) is 1.42. The van der Waals surface area contributed by atoms with E-state index in [4.69, 9.17) is 22.1 Å².